The number of carbonyl (C=O) groups is 1. The molecular formula is C14H27ClN2O2. The van der Waals surface area contributed by atoms with E-state index in [-0.39, 0.29) is 23.9 Å². The van der Waals surface area contributed by atoms with Gasteiger partial charge in [-0.3, -0.25) is 4.79 Å². The summed E-state index contributed by atoms with van der Waals surface area (Å²) in [5, 5.41) is 6.58. The number of amides is 1. The molecule has 1 saturated carbocycles. The Labute approximate surface area is 122 Å². The van der Waals surface area contributed by atoms with Crippen LogP contribution in [0.5, 0.6) is 0 Å². The Balaban J connectivity index is 0.00000180. The third kappa shape index (κ3) is 4.93. The summed E-state index contributed by atoms with van der Waals surface area (Å²) in [7, 11) is 1.72. The van der Waals surface area contributed by atoms with Crippen molar-refractivity contribution in [1.29, 1.82) is 0 Å². The summed E-state index contributed by atoms with van der Waals surface area (Å²) >= 11 is 0. The minimum absolute atomic E-state index is 0. The summed E-state index contributed by atoms with van der Waals surface area (Å²) < 4.78 is 5.28. The number of hydrogen-bond donors (Lipinski definition) is 2. The van der Waals surface area contributed by atoms with E-state index in [0.29, 0.717) is 25.5 Å². The first-order valence-corrected chi connectivity index (χ1v) is 7.25. The van der Waals surface area contributed by atoms with Crippen LogP contribution in [0.25, 0.3) is 0 Å². The molecule has 0 bridgehead atoms. The molecule has 1 unspecified atom stereocenters. The lowest BCUT2D eigenvalue weighted by molar-refractivity contribution is -0.122. The van der Waals surface area contributed by atoms with Crippen LogP contribution in [0, 0.1) is 5.92 Å². The molecule has 2 rings (SSSR count). The smallest absolute Gasteiger partial charge is 0.220 e. The second-order valence-corrected chi connectivity index (χ2v) is 5.88. The maximum Gasteiger partial charge on any atom is 0.220 e. The molecule has 0 aromatic rings. The van der Waals surface area contributed by atoms with Crippen molar-refractivity contribution in [3.05, 3.63) is 0 Å². The van der Waals surface area contributed by atoms with Gasteiger partial charge in [-0.1, -0.05) is 12.8 Å². The normalized spacial score (nSPS) is 27.2. The summed E-state index contributed by atoms with van der Waals surface area (Å²) in [5.41, 5.74) is -0.0277. The summed E-state index contributed by atoms with van der Waals surface area (Å²) in [6.45, 7) is 2.41. The fourth-order valence-electron chi connectivity index (χ4n) is 3.29. The van der Waals surface area contributed by atoms with Crippen molar-refractivity contribution in [2.45, 2.75) is 50.5 Å². The molecule has 0 radical (unpaired) electrons. The van der Waals surface area contributed by atoms with Gasteiger partial charge in [-0.05, 0) is 38.1 Å². The Morgan fingerprint density at radius 1 is 1.37 bits per heavy atom. The molecule has 4 nitrogen and oxygen atoms in total. The topological polar surface area (TPSA) is 50.4 Å². The van der Waals surface area contributed by atoms with Gasteiger partial charge < -0.3 is 15.4 Å². The van der Waals surface area contributed by atoms with Crippen molar-refractivity contribution in [2.75, 3.05) is 26.8 Å². The molecule has 1 saturated heterocycles. The minimum Gasteiger partial charge on any atom is -0.383 e. The molecule has 19 heavy (non-hydrogen) atoms. The SMILES string of the molecule is COCC1(CNC(=O)CC2CCCC2)CCCN1.Cl. The van der Waals surface area contributed by atoms with E-state index in [1.807, 2.05) is 0 Å². The van der Waals surface area contributed by atoms with Crippen molar-refractivity contribution in [1.82, 2.24) is 10.6 Å². The highest BCUT2D eigenvalue weighted by Gasteiger charge is 2.33. The molecule has 2 N–H and O–H groups in total. The highest BCUT2D eigenvalue weighted by Crippen LogP contribution is 2.27. The van der Waals surface area contributed by atoms with Crippen LogP contribution in [-0.2, 0) is 9.53 Å². The largest absolute Gasteiger partial charge is 0.383 e. The van der Waals surface area contributed by atoms with Crippen molar-refractivity contribution in [2.24, 2.45) is 5.92 Å². The molecular weight excluding hydrogens is 264 g/mol. The van der Waals surface area contributed by atoms with Crippen molar-refractivity contribution < 1.29 is 9.53 Å². The van der Waals surface area contributed by atoms with Gasteiger partial charge in [0.15, 0.2) is 0 Å². The minimum atomic E-state index is -0.0277. The van der Waals surface area contributed by atoms with Crippen molar-refractivity contribution in [3.8, 4) is 0 Å². The summed E-state index contributed by atoms with van der Waals surface area (Å²) in [6, 6.07) is 0. The molecule has 0 aromatic carbocycles. The number of halogens is 1. The van der Waals surface area contributed by atoms with E-state index in [1.165, 1.54) is 32.1 Å². The van der Waals surface area contributed by atoms with Crippen LogP contribution in [-0.4, -0.2) is 38.3 Å². The fourth-order valence-corrected chi connectivity index (χ4v) is 3.29. The highest BCUT2D eigenvalue weighted by molar-refractivity contribution is 5.85. The molecule has 2 aliphatic rings. The lowest BCUT2D eigenvalue weighted by atomic mass is 9.98. The Morgan fingerprint density at radius 3 is 2.68 bits per heavy atom. The lowest BCUT2D eigenvalue weighted by Gasteiger charge is -2.29. The van der Waals surface area contributed by atoms with E-state index in [2.05, 4.69) is 10.6 Å². The molecule has 1 heterocycles. The zero-order valence-corrected chi connectivity index (χ0v) is 12.7. The third-order valence-electron chi connectivity index (χ3n) is 4.33. The molecule has 0 spiro atoms. The molecule has 1 aliphatic carbocycles. The zero-order valence-electron chi connectivity index (χ0n) is 11.9. The predicted octanol–water partition coefficient (Wildman–Crippen LogP) is 1.87. The van der Waals surface area contributed by atoms with Gasteiger partial charge in [0.2, 0.25) is 5.91 Å². The van der Waals surface area contributed by atoms with Crippen LogP contribution in [0.15, 0.2) is 0 Å². The van der Waals surface area contributed by atoms with Gasteiger partial charge in [0.1, 0.15) is 0 Å². The lowest BCUT2D eigenvalue weighted by Crippen LogP contribution is -2.53. The van der Waals surface area contributed by atoms with Crippen LogP contribution in [0.3, 0.4) is 0 Å². The summed E-state index contributed by atoms with van der Waals surface area (Å²) in [6.07, 6.45) is 8.03. The average Bonchev–Trinajstić information content (AvgIpc) is 2.99. The Bertz CT molecular complexity index is 275. The molecule has 112 valence electrons. The molecule has 1 amide bonds. The predicted molar refractivity (Wildman–Crippen MR) is 78.7 cm³/mol. The second-order valence-electron chi connectivity index (χ2n) is 5.88. The van der Waals surface area contributed by atoms with Gasteiger partial charge in [-0.15, -0.1) is 12.4 Å². The standard InChI is InChI=1S/C14H26N2O2.ClH/c1-18-11-14(7-4-8-16-14)10-15-13(17)9-12-5-2-3-6-12;/h12,16H,2-11H2,1H3,(H,15,17);1H. The fraction of sp³-hybridized carbons (Fsp3) is 0.929. The number of hydrogen-bond acceptors (Lipinski definition) is 3. The highest BCUT2D eigenvalue weighted by atomic mass is 35.5. The first-order chi connectivity index (χ1) is 8.74. The molecule has 2 fully saturated rings. The Morgan fingerprint density at radius 2 is 2.11 bits per heavy atom. The molecule has 1 aliphatic heterocycles. The number of rotatable bonds is 6. The monoisotopic (exact) mass is 290 g/mol. The van der Waals surface area contributed by atoms with Crippen molar-refractivity contribution >= 4 is 18.3 Å². The van der Waals surface area contributed by atoms with Crippen LogP contribution < -0.4 is 10.6 Å². The van der Waals surface area contributed by atoms with E-state index in [1.54, 1.807) is 7.11 Å². The Kier molecular flexibility index (Phi) is 7.11. The second kappa shape index (κ2) is 8.08. The third-order valence-corrected chi connectivity index (χ3v) is 4.33. The maximum absolute atomic E-state index is 11.9. The van der Waals surface area contributed by atoms with Gasteiger partial charge in [0, 0.05) is 20.1 Å². The van der Waals surface area contributed by atoms with Crippen LogP contribution in [0.4, 0.5) is 0 Å². The maximum atomic E-state index is 11.9. The zero-order chi connectivity index (χ0) is 12.8. The average molecular weight is 291 g/mol. The first-order valence-electron chi connectivity index (χ1n) is 7.25. The number of ether oxygens (including phenoxy) is 1. The quantitative estimate of drug-likeness (QED) is 0.785. The molecule has 0 aromatic heterocycles. The Hall–Kier alpha value is -0.320. The summed E-state index contributed by atoms with van der Waals surface area (Å²) in [5.74, 6) is 0.839. The van der Waals surface area contributed by atoms with E-state index in [0.717, 1.165) is 13.0 Å². The van der Waals surface area contributed by atoms with Gasteiger partial charge >= 0.3 is 0 Å². The van der Waals surface area contributed by atoms with Crippen LogP contribution in [0.2, 0.25) is 0 Å². The number of methoxy groups -OCH3 is 1. The van der Waals surface area contributed by atoms with Gasteiger partial charge in [0.05, 0.1) is 12.1 Å². The van der Waals surface area contributed by atoms with Gasteiger partial charge in [-0.2, -0.15) is 0 Å². The van der Waals surface area contributed by atoms with Crippen LogP contribution in [0.1, 0.15) is 44.9 Å². The van der Waals surface area contributed by atoms with Gasteiger partial charge in [0.25, 0.3) is 0 Å². The number of carbonyl (C=O) groups excluding carboxylic acids is 1. The van der Waals surface area contributed by atoms with E-state index >= 15 is 0 Å². The first kappa shape index (κ1) is 16.7. The van der Waals surface area contributed by atoms with Gasteiger partial charge in [-0.25, -0.2) is 0 Å². The number of nitrogens with one attached hydrogen (secondary N) is 2. The van der Waals surface area contributed by atoms with Crippen molar-refractivity contribution in [3.63, 3.8) is 0 Å². The molecule has 1 atom stereocenters. The van der Waals surface area contributed by atoms with E-state index in [9.17, 15) is 4.79 Å². The van der Waals surface area contributed by atoms with E-state index in [4.69, 9.17) is 4.74 Å². The molecule has 5 heteroatoms. The van der Waals surface area contributed by atoms with Crippen LogP contribution >= 0.6 is 12.4 Å². The summed E-state index contributed by atoms with van der Waals surface area (Å²) in [4.78, 5) is 11.9. The van der Waals surface area contributed by atoms with E-state index < -0.39 is 0 Å².